The summed E-state index contributed by atoms with van der Waals surface area (Å²) in [4.78, 5) is 0. The number of nitrogens with zero attached hydrogens (tertiary/aromatic N) is 4. The van der Waals surface area contributed by atoms with Gasteiger partial charge in [0.1, 0.15) is 5.82 Å². The standard InChI is InChI=1S/C16H14FN5/c17-12-6-4-5-11(9-12)14-10-15(14)18-16-19-20-21-22(16)13-7-2-1-3-8-13/h1-9,14-15H,10H2,(H,18,19,21)/t14-,15+/m0/s1. The Balaban J connectivity index is 1.51. The molecule has 2 aromatic carbocycles. The van der Waals surface area contributed by atoms with Crippen LogP contribution in [0, 0.1) is 5.82 Å². The van der Waals surface area contributed by atoms with E-state index in [0.29, 0.717) is 11.9 Å². The third-order valence-electron chi connectivity index (χ3n) is 3.85. The largest absolute Gasteiger partial charge is 0.349 e. The van der Waals surface area contributed by atoms with Gasteiger partial charge in [0.25, 0.3) is 0 Å². The second-order valence-electron chi connectivity index (χ2n) is 5.40. The number of halogens is 1. The number of anilines is 1. The Hall–Kier alpha value is -2.76. The fraction of sp³-hybridized carbons (Fsp3) is 0.188. The van der Waals surface area contributed by atoms with Gasteiger partial charge in [-0.3, -0.25) is 0 Å². The Bertz CT molecular complexity index is 786. The fourth-order valence-corrected chi connectivity index (χ4v) is 2.65. The predicted molar refractivity (Wildman–Crippen MR) is 80.3 cm³/mol. The van der Waals surface area contributed by atoms with Crippen molar-refractivity contribution in [3.63, 3.8) is 0 Å². The van der Waals surface area contributed by atoms with E-state index >= 15 is 0 Å². The Morgan fingerprint density at radius 3 is 2.77 bits per heavy atom. The molecule has 3 aromatic rings. The molecule has 1 fully saturated rings. The van der Waals surface area contributed by atoms with Crippen LogP contribution in [0.2, 0.25) is 0 Å². The SMILES string of the molecule is Fc1cccc([C@@H]2C[C@H]2Nc2nnnn2-c2ccccc2)c1. The molecule has 4 rings (SSSR count). The predicted octanol–water partition coefficient (Wildman–Crippen LogP) is 2.77. The maximum Gasteiger partial charge on any atom is 0.247 e. The monoisotopic (exact) mass is 295 g/mol. The molecule has 0 aliphatic heterocycles. The third-order valence-corrected chi connectivity index (χ3v) is 3.85. The van der Waals surface area contributed by atoms with Gasteiger partial charge in [0, 0.05) is 12.0 Å². The molecule has 1 aliphatic rings. The lowest BCUT2D eigenvalue weighted by atomic mass is 10.1. The Morgan fingerprint density at radius 2 is 1.95 bits per heavy atom. The first-order valence-corrected chi connectivity index (χ1v) is 7.17. The van der Waals surface area contributed by atoms with Crippen molar-refractivity contribution in [1.82, 2.24) is 20.2 Å². The molecule has 0 unspecified atom stereocenters. The van der Waals surface area contributed by atoms with Crippen LogP contribution in [-0.4, -0.2) is 26.2 Å². The van der Waals surface area contributed by atoms with E-state index in [1.54, 1.807) is 16.8 Å². The van der Waals surface area contributed by atoms with Crippen molar-refractivity contribution in [3.05, 3.63) is 66.0 Å². The van der Waals surface area contributed by atoms with Crippen molar-refractivity contribution in [2.24, 2.45) is 0 Å². The summed E-state index contributed by atoms with van der Waals surface area (Å²) in [6.07, 6.45) is 0.950. The third kappa shape index (κ3) is 2.43. The van der Waals surface area contributed by atoms with Crippen molar-refractivity contribution in [1.29, 1.82) is 0 Å². The first-order chi connectivity index (χ1) is 10.8. The second-order valence-corrected chi connectivity index (χ2v) is 5.40. The maximum atomic E-state index is 13.3. The van der Waals surface area contributed by atoms with Crippen LogP contribution in [0.5, 0.6) is 0 Å². The van der Waals surface area contributed by atoms with Gasteiger partial charge in [-0.05, 0) is 46.7 Å². The number of tetrazole rings is 1. The molecule has 0 saturated heterocycles. The first-order valence-electron chi connectivity index (χ1n) is 7.17. The summed E-state index contributed by atoms with van der Waals surface area (Å²) in [7, 11) is 0. The highest BCUT2D eigenvalue weighted by atomic mass is 19.1. The zero-order valence-electron chi connectivity index (χ0n) is 11.7. The maximum absolute atomic E-state index is 13.3. The molecular formula is C16H14FN5. The van der Waals surface area contributed by atoms with E-state index < -0.39 is 0 Å². The molecule has 2 atom stereocenters. The Labute approximate surface area is 126 Å². The van der Waals surface area contributed by atoms with Crippen LogP contribution in [0.4, 0.5) is 10.3 Å². The molecule has 1 heterocycles. The van der Waals surface area contributed by atoms with E-state index in [4.69, 9.17) is 0 Å². The van der Waals surface area contributed by atoms with E-state index in [2.05, 4.69) is 20.8 Å². The molecule has 5 nitrogen and oxygen atoms in total. The lowest BCUT2D eigenvalue weighted by Gasteiger charge is -2.06. The molecule has 0 spiro atoms. The zero-order chi connectivity index (χ0) is 14.9. The van der Waals surface area contributed by atoms with E-state index in [-0.39, 0.29) is 11.9 Å². The van der Waals surface area contributed by atoms with Gasteiger partial charge in [-0.15, -0.1) is 0 Å². The van der Waals surface area contributed by atoms with E-state index in [1.807, 2.05) is 36.4 Å². The van der Waals surface area contributed by atoms with E-state index in [0.717, 1.165) is 17.7 Å². The minimum absolute atomic E-state index is 0.197. The molecule has 0 amide bonds. The van der Waals surface area contributed by atoms with Crippen molar-refractivity contribution in [2.75, 3.05) is 5.32 Å². The summed E-state index contributed by atoms with van der Waals surface area (Å²) in [5.74, 6) is 0.712. The second kappa shape index (κ2) is 5.22. The average Bonchev–Trinajstić information content (AvgIpc) is 3.15. The summed E-state index contributed by atoms with van der Waals surface area (Å²) >= 11 is 0. The minimum Gasteiger partial charge on any atom is -0.349 e. The summed E-state index contributed by atoms with van der Waals surface area (Å²) in [6, 6.07) is 16.7. The van der Waals surface area contributed by atoms with Crippen LogP contribution in [0.15, 0.2) is 54.6 Å². The number of nitrogens with one attached hydrogen (secondary N) is 1. The van der Waals surface area contributed by atoms with Crippen LogP contribution in [0.3, 0.4) is 0 Å². The molecule has 0 radical (unpaired) electrons. The van der Waals surface area contributed by atoms with Gasteiger partial charge < -0.3 is 5.32 Å². The molecule has 1 aliphatic carbocycles. The highest BCUT2D eigenvalue weighted by molar-refractivity contribution is 5.42. The van der Waals surface area contributed by atoms with Crippen LogP contribution < -0.4 is 5.32 Å². The molecule has 22 heavy (non-hydrogen) atoms. The van der Waals surface area contributed by atoms with Crippen molar-refractivity contribution in [2.45, 2.75) is 18.4 Å². The zero-order valence-corrected chi connectivity index (χ0v) is 11.7. The number of hydrogen-bond acceptors (Lipinski definition) is 4. The molecule has 1 saturated carbocycles. The molecule has 1 N–H and O–H groups in total. The number of aromatic nitrogens is 4. The van der Waals surface area contributed by atoms with Gasteiger partial charge in [0.2, 0.25) is 5.95 Å². The number of rotatable bonds is 4. The summed E-state index contributed by atoms with van der Waals surface area (Å²) in [5.41, 5.74) is 1.91. The van der Waals surface area contributed by atoms with Gasteiger partial charge >= 0.3 is 0 Å². The van der Waals surface area contributed by atoms with E-state index in [1.165, 1.54) is 6.07 Å². The lowest BCUT2D eigenvalue weighted by Crippen LogP contribution is -2.10. The molecule has 110 valence electrons. The molecular weight excluding hydrogens is 281 g/mol. The summed E-state index contributed by atoms with van der Waals surface area (Å²) in [6.45, 7) is 0. The van der Waals surface area contributed by atoms with Crippen molar-refractivity contribution < 1.29 is 4.39 Å². The topological polar surface area (TPSA) is 55.6 Å². The molecule has 6 heteroatoms. The van der Waals surface area contributed by atoms with E-state index in [9.17, 15) is 4.39 Å². The molecule has 0 bridgehead atoms. The normalized spacial score (nSPS) is 19.9. The number of hydrogen-bond donors (Lipinski definition) is 1. The van der Waals surface area contributed by atoms with Crippen LogP contribution in [0.25, 0.3) is 5.69 Å². The number of para-hydroxylation sites is 1. The summed E-state index contributed by atoms with van der Waals surface area (Å²) < 4.78 is 15.0. The quantitative estimate of drug-likeness (QED) is 0.804. The van der Waals surface area contributed by atoms with Crippen molar-refractivity contribution >= 4 is 5.95 Å². The highest BCUT2D eigenvalue weighted by Gasteiger charge is 2.39. The van der Waals surface area contributed by atoms with Gasteiger partial charge in [-0.2, -0.15) is 4.68 Å². The Morgan fingerprint density at radius 1 is 1.09 bits per heavy atom. The van der Waals surface area contributed by atoms with Crippen LogP contribution >= 0.6 is 0 Å². The van der Waals surface area contributed by atoms with Gasteiger partial charge in [0.15, 0.2) is 0 Å². The summed E-state index contributed by atoms with van der Waals surface area (Å²) in [5, 5.41) is 15.1. The fourth-order valence-electron chi connectivity index (χ4n) is 2.65. The van der Waals surface area contributed by atoms with Crippen molar-refractivity contribution in [3.8, 4) is 5.69 Å². The molecule has 1 aromatic heterocycles. The minimum atomic E-state index is -0.197. The smallest absolute Gasteiger partial charge is 0.247 e. The lowest BCUT2D eigenvalue weighted by molar-refractivity contribution is 0.625. The first kappa shape index (κ1) is 12.9. The van der Waals surface area contributed by atoms with Gasteiger partial charge in [0.05, 0.1) is 5.69 Å². The van der Waals surface area contributed by atoms with Crippen LogP contribution in [-0.2, 0) is 0 Å². The highest BCUT2D eigenvalue weighted by Crippen LogP contribution is 2.42. The van der Waals surface area contributed by atoms with Crippen LogP contribution in [0.1, 0.15) is 17.9 Å². The Kier molecular flexibility index (Phi) is 3.07. The average molecular weight is 295 g/mol. The van der Waals surface area contributed by atoms with Gasteiger partial charge in [-0.25, -0.2) is 4.39 Å². The van der Waals surface area contributed by atoms with Gasteiger partial charge in [-0.1, -0.05) is 35.4 Å². The number of benzene rings is 2.